The molecule has 2 atom stereocenters. The van der Waals surface area contributed by atoms with Crippen LogP contribution >= 0.6 is 11.6 Å². The Kier molecular flexibility index (Phi) is 6.37. The first kappa shape index (κ1) is 22.5. The van der Waals surface area contributed by atoms with E-state index in [-0.39, 0.29) is 11.9 Å². The molecule has 0 bridgehead atoms. The first-order chi connectivity index (χ1) is 15.2. The lowest BCUT2D eigenvalue weighted by atomic mass is 10.1. The fourth-order valence-corrected chi connectivity index (χ4v) is 5.54. The van der Waals surface area contributed by atoms with Gasteiger partial charge in [-0.25, -0.2) is 18.1 Å². The summed E-state index contributed by atoms with van der Waals surface area (Å²) in [6, 6.07) is 13.7. The van der Waals surface area contributed by atoms with Crippen LogP contribution in [0.1, 0.15) is 28.7 Å². The lowest BCUT2D eigenvalue weighted by molar-refractivity contribution is 0.580. The summed E-state index contributed by atoms with van der Waals surface area (Å²) >= 11 is 5.86. The number of aryl methyl sites for hydroxylation is 3. The number of sulfonamides is 1. The highest BCUT2D eigenvalue weighted by Crippen LogP contribution is 2.34. The molecule has 3 N–H and O–H groups in total. The van der Waals surface area contributed by atoms with E-state index in [4.69, 9.17) is 11.6 Å². The fourth-order valence-electron chi connectivity index (χ4n) is 3.40. The Morgan fingerprint density at radius 1 is 1.00 bits per heavy atom. The molecule has 1 saturated carbocycles. The SMILES string of the molecule is Cc1cc(C)cc(Nc2ncc(C)c(Nc3ccc(CNS(=O)(=O)C4CC4Cl)cc3)n2)c1. The largest absolute Gasteiger partial charge is 0.340 e. The maximum atomic E-state index is 12.1. The van der Waals surface area contributed by atoms with E-state index in [0.717, 1.165) is 22.5 Å². The molecule has 2 aromatic carbocycles. The first-order valence-electron chi connectivity index (χ1n) is 10.4. The number of halogens is 1. The summed E-state index contributed by atoms with van der Waals surface area (Å²) < 4.78 is 26.8. The molecule has 4 rings (SSSR count). The molecule has 0 aliphatic heterocycles. The predicted octanol–water partition coefficient (Wildman–Crippen LogP) is 4.69. The molecule has 7 nitrogen and oxygen atoms in total. The average molecular weight is 472 g/mol. The monoisotopic (exact) mass is 471 g/mol. The lowest BCUT2D eigenvalue weighted by Crippen LogP contribution is -2.27. The van der Waals surface area contributed by atoms with Crippen molar-refractivity contribution in [2.75, 3.05) is 10.6 Å². The summed E-state index contributed by atoms with van der Waals surface area (Å²) in [6.07, 6.45) is 2.28. The van der Waals surface area contributed by atoms with E-state index in [1.54, 1.807) is 6.20 Å². The smallest absolute Gasteiger partial charge is 0.229 e. The third-order valence-corrected chi connectivity index (χ3v) is 7.70. The number of anilines is 4. The molecule has 168 valence electrons. The third kappa shape index (κ3) is 5.56. The second-order valence-electron chi connectivity index (χ2n) is 8.20. The summed E-state index contributed by atoms with van der Waals surface area (Å²) in [6.45, 7) is 6.28. The zero-order chi connectivity index (χ0) is 22.9. The number of alkyl halides is 1. The Hall–Kier alpha value is -2.68. The van der Waals surface area contributed by atoms with E-state index in [1.165, 1.54) is 11.1 Å². The number of hydrogen-bond donors (Lipinski definition) is 3. The molecule has 1 aliphatic rings. The van der Waals surface area contributed by atoms with Crippen LogP contribution in [-0.2, 0) is 16.6 Å². The van der Waals surface area contributed by atoms with Gasteiger partial charge in [0.1, 0.15) is 5.82 Å². The van der Waals surface area contributed by atoms with Gasteiger partial charge in [0.2, 0.25) is 16.0 Å². The maximum absolute atomic E-state index is 12.1. The third-order valence-electron chi connectivity index (χ3n) is 5.20. The second-order valence-corrected chi connectivity index (χ2v) is 10.7. The van der Waals surface area contributed by atoms with E-state index >= 15 is 0 Å². The van der Waals surface area contributed by atoms with Crippen LogP contribution in [0.4, 0.5) is 23.1 Å². The number of nitrogens with one attached hydrogen (secondary N) is 3. The van der Waals surface area contributed by atoms with Gasteiger partial charge in [-0.3, -0.25) is 0 Å². The summed E-state index contributed by atoms with van der Waals surface area (Å²) in [4.78, 5) is 8.99. The van der Waals surface area contributed by atoms with Crippen molar-refractivity contribution >= 4 is 44.8 Å². The number of aromatic nitrogens is 2. The molecule has 32 heavy (non-hydrogen) atoms. The zero-order valence-electron chi connectivity index (χ0n) is 18.2. The average Bonchev–Trinajstić information content (AvgIpc) is 3.47. The highest BCUT2D eigenvalue weighted by molar-refractivity contribution is 7.90. The Morgan fingerprint density at radius 2 is 1.66 bits per heavy atom. The fraction of sp³-hybridized carbons (Fsp3) is 0.304. The summed E-state index contributed by atoms with van der Waals surface area (Å²) in [5, 5.41) is 5.82. The van der Waals surface area contributed by atoms with Crippen LogP contribution < -0.4 is 15.4 Å². The number of nitrogens with zero attached hydrogens (tertiary/aromatic N) is 2. The minimum Gasteiger partial charge on any atom is -0.340 e. The normalized spacial score (nSPS) is 17.8. The Bertz CT molecular complexity index is 1210. The van der Waals surface area contributed by atoms with Crippen molar-refractivity contribution in [3.8, 4) is 0 Å². The van der Waals surface area contributed by atoms with Gasteiger partial charge in [-0.2, -0.15) is 4.98 Å². The van der Waals surface area contributed by atoms with Crippen molar-refractivity contribution < 1.29 is 8.42 Å². The lowest BCUT2D eigenvalue weighted by Gasteiger charge is -2.12. The Balaban J connectivity index is 1.41. The van der Waals surface area contributed by atoms with Crippen molar-refractivity contribution in [2.24, 2.45) is 0 Å². The van der Waals surface area contributed by atoms with Gasteiger partial charge < -0.3 is 10.6 Å². The van der Waals surface area contributed by atoms with Crippen LogP contribution in [0.25, 0.3) is 0 Å². The van der Waals surface area contributed by atoms with Gasteiger partial charge in [0.25, 0.3) is 0 Å². The Morgan fingerprint density at radius 3 is 2.28 bits per heavy atom. The molecular formula is C23H26ClN5O2S. The summed E-state index contributed by atoms with van der Waals surface area (Å²) in [7, 11) is -3.36. The molecule has 0 radical (unpaired) electrons. The van der Waals surface area contributed by atoms with Crippen LogP contribution in [0.15, 0.2) is 48.7 Å². The van der Waals surface area contributed by atoms with Gasteiger partial charge in [-0.15, -0.1) is 11.6 Å². The van der Waals surface area contributed by atoms with E-state index in [1.807, 2.05) is 43.3 Å². The topological polar surface area (TPSA) is 96.0 Å². The zero-order valence-corrected chi connectivity index (χ0v) is 19.8. The van der Waals surface area contributed by atoms with E-state index in [9.17, 15) is 8.42 Å². The van der Waals surface area contributed by atoms with Crippen molar-refractivity contribution in [3.63, 3.8) is 0 Å². The van der Waals surface area contributed by atoms with Crippen molar-refractivity contribution in [2.45, 2.75) is 44.4 Å². The van der Waals surface area contributed by atoms with Crippen molar-refractivity contribution in [1.82, 2.24) is 14.7 Å². The molecule has 1 aliphatic carbocycles. The summed E-state index contributed by atoms with van der Waals surface area (Å²) in [5.41, 5.74) is 5.89. The van der Waals surface area contributed by atoms with Crippen LogP contribution in [0.3, 0.4) is 0 Å². The Labute approximate surface area is 193 Å². The molecule has 1 fully saturated rings. The number of rotatable bonds is 8. The van der Waals surface area contributed by atoms with Gasteiger partial charge >= 0.3 is 0 Å². The molecule has 1 aromatic heterocycles. The quantitative estimate of drug-likeness (QED) is 0.412. The molecule has 1 heterocycles. The van der Waals surface area contributed by atoms with Crippen molar-refractivity contribution in [3.05, 3.63) is 70.9 Å². The molecule has 3 aromatic rings. The second kappa shape index (κ2) is 9.05. The van der Waals surface area contributed by atoms with E-state index in [2.05, 4.69) is 45.2 Å². The summed E-state index contributed by atoms with van der Waals surface area (Å²) in [5.74, 6) is 1.20. The van der Waals surface area contributed by atoms with Gasteiger partial charge in [-0.05, 0) is 68.1 Å². The van der Waals surface area contributed by atoms with Gasteiger partial charge in [0, 0.05) is 29.7 Å². The predicted molar refractivity (Wildman–Crippen MR) is 129 cm³/mol. The van der Waals surface area contributed by atoms with E-state index in [0.29, 0.717) is 18.2 Å². The van der Waals surface area contributed by atoms with Crippen LogP contribution in [0.5, 0.6) is 0 Å². The van der Waals surface area contributed by atoms with Gasteiger partial charge in [0.15, 0.2) is 0 Å². The van der Waals surface area contributed by atoms with Crippen LogP contribution in [-0.4, -0.2) is 29.0 Å². The molecule has 0 spiro atoms. The highest BCUT2D eigenvalue weighted by Gasteiger charge is 2.45. The molecular weight excluding hydrogens is 446 g/mol. The minimum absolute atomic E-state index is 0.235. The van der Waals surface area contributed by atoms with Gasteiger partial charge in [0.05, 0.1) is 10.6 Å². The van der Waals surface area contributed by atoms with Crippen LogP contribution in [0.2, 0.25) is 0 Å². The molecule has 2 unspecified atom stereocenters. The number of hydrogen-bond acceptors (Lipinski definition) is 6. The van der Waals surface area contributed by atoms with Gasteiger partial charge in [-0.1, -0.05) is 18.2 Å². The molecule has 0 amide bonds. The molecule has 0 saturated heterocycles. The highest BCUT2D eigenvalue weighted by atomic mass is 35.5. The standard InChI is InChI=1S/C23H26ClN5O2S/c1-14-8-15(2)10-19(9-14)28-23-25-12-16(3)22(29-23)27-18-6-4-17(5-7-18)13-26-32(30,31)21-11-20(21)24/h4-10,12,20-21,26H,11,13H2,1-3H3,(H2,25,27,28,29). The maximum Gasteiger partial charge on any atom is 0.229 e. The van der Waals surface area contributed by atoms with Crippen LogP contribution in [0, 0.1) is 20.8 Å². The first-order valence-corrected chi connectivity index (χ1v) is 12.4. The molecule has 9 heteroatoms. The van der Waals surface area contributed by atoms with Crippen molar-refractivity contribution in [1.29, 1.82) is 0 Å². The minimum atomic E-state index is -3.36. The number of benzene rings is 2. The van der Waals surface area contributed by atoms with E-state index < -0.39 is 15.3 Å².